The van der Waals surface area contributed by atoms with Gasteiger partial charge in [-0.15, -0.1) is 0 Å². The molecule has 1 heterocycles. The van der Waals surface area contributed by atoms with Crippen LogP contribution in [0.15, 0.2) is 42.7 Å². The maximum Gasteiger partial charge on any atom is 0.417 e. The quantitative estimate of drug-likeness (QED) is 0.155. The van der Waals surface area contributed by atoms with E-state index in [4.69, 9.17) is 27.9 Å². The van der Waals surface area contributed by atoms with E-state index in [1.54, 1.807) is 0 Å². The van der Waals surface area contributed by atoms with Gasteiger partial charge in [0.05, 0.1) is 16.1 Å². The number of hydrogen-bond donors (Lipinski definition) is 5. The fraction of sp³-hybridized carbons (Fsp3) is 0.259. The van der Waals surface area contributed by atoms with Crippen molar-refractivity contribution in [3.63, 3.8) is 0 Å². The van der Waals surface area contributed by atoms with Gasteiger partial charge in [0.1, 0.15) is 30.0 Å². The molecular formula is C27H28ClF3N6O2. The number of aliphatic hydroxyl groups excluding tert-OH is 1. The molecule has 0 aliphatic heterocycles. The van der Waals surface area contributed by atoms with Crippen molar-refractivity contribution < 1.29 is 23.1 Å². The van der Waals surface area contributed by atoms with Crippen LogP contribution in [-0.4, -0.2) is 47.3 Å². The molecule has 0 radical (unpaired) electrons. The van der Waals surface area contributed by atoms with E-state index < -0.39 is 16.8 Å². The number of nitrogens with zero attached hydrogens (tertiary/aromatic N) is 2. The number of aldehydes is 1. The molecule has 1 aromatic heterocycles. The zero-order valence-electron chi connectivity index (χ0n) is 21.4. The Balaban J connectivity index is 0.000000344. The van der Waals surface area contributed by atoms with Gasteiger partial charge in [0.2, 0.25) is 0 Å². The Morgan fingerprint density at radius 2 is 1.97 bits per heavy atom. The van der Waals surface area contributed by atoms with Gasteiger partial charge in [-0.2, -0.15) is 13.2 Å². The molecule has 0 amide bonds. The summed E-state index contributed by atoms with van der Waals surface area (Å²) >= 11 is 5.30. The third kappa shape index (κ3) is 8.98. The molecule has 3 rings (SSSR count). The smallest absolute Gasteiger partial charge is 0.396 e. The van der Waals surface area contributed by atoms with Gasteiger partial charge in [-0.05, 0) is 48.6 Å². The van der Waals surface area contributed by atoms with Crippen LogP contribution in [0.2, 0.25) is 5.02 Å². The van der Waals surface area contributed by atoms with Crippen LogP contribution in [0.1, 0.15) is 39.5 Å². The van der Waals surface area contributed by atoms with Gasteiger partial charge in [-0.3, -0.25) is 10.2 Å². The first-order valence-corrected chi connectivity index (χ1v) is 12.0. The lowest BCUT2D eigenvalue weighted by molar-refractivity contribution is -0.137. The summed E-state index contributed by atoms with van der Waals surface area (Å²) in [5.74, 6) is 6.55. The first kappa shape index (κ1) is 31.1. The van der Waals surface area contributed by atoms with Gasteiger partial charge in [0.25, 0.3) is 0 Å². The summed E-state index contributed by atoms with van der Waals surface area (Å²) in [5, 5.41) is 23.3. The van der Waals surface area contributed by atoms with Gasteiger partial charge in [-0.1, -0.05) is 36.6 Å². The first-order chi connectivity index (χ1) is 18.4. The molecule has 0 spiro atoms. The van der Waals surface area contributed by atoms with Crippen molar-refractivity contribution in [2.75, 3.05) is 36.6 Å². The van der Waals surface area contributed by atoms with Gasteiger partial charge in [0, 0.05) is 37.0 Å². The standard InChI is InChI=1S/C19H24N6O.C8H4ClF3O/c1-12(10-26)9-23-19-17(18(21)24-11-25-19)16(20)7-5-14-8-15(22-3)6-4-13(14)2;9-7-2-1-5(4-13)3-6(7)8(10,11)12/h4,6,8,11-12,20,22,26H,9-10H2,1-3H3,(H3,21,23,24,25);1-4H. The second-order valence-electron chi connectivity index (χ2n) is 8.41. The number of aliphatic hydroxyl groups is 1. The number of nitrogen functional groups attached to an aromatic ring is 1. The zero-order chi connectivity index (χ0) is 29.2. The molecule has 8 nitrogen and oxygen atoms in total. The lowest BCUT2D eigenvalue weighted by Crippen LogP contribution is -2.18. The van der Waals surface area contributed by atoms with Gasteiger partial charge >= 0.3 is 6.18 Å². The minimum Gasteiger partial charge on any atom is -0.396 e. The summed E-state index contributed by atoms with van der Waals surface area (Å²) in [6.07, 6.45) is -2.84. The SMILES string of the molecule is CNc1ccc(C)c(C#CC(=N)c2c(N)ncnc2NCC(C)CO)c1.O=Cc1ccc(Cl)c(C(F)(F)F)c1. The van der Waals surface area contributed by atoms with Crippen molar-refractivity contribution in [1.82, 2.24) is 9.97 Å². The number of anilines is 3. The molecule has 0 aliphatic rings. The molecule has 0 bridgehead atoms. The molecule has 2 aromatic carbocycles. The average molecular weight is 561 g/mol. The number of rotatable bonds is 7. The minimum absolute atomic E-state index is 0.0384. The molecular weight excluding hydrogens is 533 g/mol. The Kier molecular flexibility index (Phi) is 11.3. The number of nitrogens with one attached hydrogen (secondary N) is 3. The molecule has 0 saturated heterocycles. The van der Waals surface area contributed by atoms with Crippen LogP contribution >= 0.6 is 11.6 Å². The summed E-state index contributed by atoms with van der Waals surface area (Å²) in [6.45, 7) is 4.43. The van der Waals surface area contributed by atoms with Crippen LogP contribution in [-0.2, 0) is 6.18 Å². The van der Waals surface area contributed by atoms with Crippen LogP contribution in [0.5, 0.6) is 0 Å². The van der Waals surface area contributed by atoms with E-state index in [0.717, 1.165) is 28.9 Å². The van der Waals surface area contributed by atoms with Gasteiger partial charge in [0.15, 0.2) is 0 Å². The average Bonchev–Trinajstić information content (AvgIpc) is 2.91. The Morgan fingerprint density at radius 1 is 1.26 bits per heavy atom. The van der Waals surface area contributed by atoms with Gasteiger partial charge < -0.3 is 21.5 Å². The second kappa shape index (κ2) is 14.1. The van der Waals surface area contributed by atoms with Crippen LogP contribution in [0.3, 0.4) is 0 Å². The molecule has 39 heavy (non-hydrogen) atoms. The van der Waals surface area contributed by atoms with E-state index in [1.807, 2.05) is 39.1 Å². The topological polar surface area (TPSA) is 137 Å². The van der Waals surface area contributed by atoms with Crippen molar-refractivity contribution >= 4 is 40.9 Å². The van der Waals surface area contributed by atoms with E-state index in [0.29, 0.717) is 24.2 Å². The minimum atomic E-state index is -4.52. The van der Waals surface area contributed by atoms with Crippen molar-refractivity contribution in [2.45, 2.75) is 20.0 Å². The highest BCUT2D eigenvalue weighted by Crippen LogP contribution is 2.34. The fourth-order valence-electron chi connectivity index (χ4n) is 3.05. The molecule has 0 aliphatic carbocycles. The molecule has 0 saturated carbocycles. The second-order valence-corrected chi connectivity index (χ2v) is 8.82. The number of carbonyl (C=O) groups is 1. The number of hydrogen-bond acceptors (Lipinski definition) is 8. The van der Waals surface area contributed by atoms with Crippen molar-refractivity contribution in [2.24, 2.45) is 5.92 Å². The summed E-state index contributed by atoms with van der Waals surface area (Å²) in [7, 11) is 1.84. The molecule has 3 aromatic rings. The number of aryl methyl sites for hydroxylation is 1. The highest BCUT2D eigenvalue weighted by Gasteiger charge is 2.33. The number of aromatic nitrogens is 2. The van der Waals surface area contributed by atoms with Crippen molar-refractivity contribution in [3.8, 4) is 11.8 Å². The summed E-state index contributed by atoms with van der Waals surface area (Å²) in [6, 6.07) is 8.87. The Labute approximate surface area is 229 Å². The van der Waals surface area contributed by atoms with Gasteiger partial charge in [-0.25, -0.2) is 9.97 Å². The number of benzene rings is 2. The normalized spacial score (nSPS) is 11.3. The zero-order valence-corrected chi connectivity index (χ0v) is 22.2. The predicted octanol–water partition coefficient (Wildman–Crippen LogP) is 5.04. The van der Waals surface area contributed by atoms with E-state index in [-0.39, 0.29) is 29.6 Å². The fourth-order valence-corrected chi connectivity index (χ4v) is 3.28. The van der Waals surface area contributed by atoms with E-state index in [1.165, 1.54) is 12.4 Å². The molecule has 1 atom stereocenters. The lowest BCUT2D eigenvalue weighted by Gasteiger charge is -2.13. The van der Waals surface area contributed by atoms with Crippen LogP contribution in [0, 0.1) is 30.1 Å². The Bertz CT molecular complexity index is 1390. The van der Waals surface area contributed by atoms with Crippen molar-refractivity contribution in [1.29, 1.82) is 5.41 Å². The number of alkyl halides is 3. The van der Waals surface area contributed by atoms with E-state index in [9.17, 15) is 18.0 Å². The number of carbonyl (C=O) groups excluding carboxylic acids is 1. The largest absolute Gasteiger partial charge is 0.417 e. The van der Waals surface area contributed by atoms with E-state index >= 15 is 0 Å². The summed E-state index contributed by atoms with van der Waals surface area (Å²) in [5.41, 5.74) is 8.13. The molecule has 206 valence electrons. The third-order valence-corrected chi connectivity index (χ3v) is 5.67. The number of nitrogens with two attached hydrogens (primary N) is 1. The number of halogens is 4. The lowest BCUT2D eigenvalue weighted by atomic mass is 10.1. The summed E-state index contributed by atoms with van der Waals surface area (Å²) < 4.78 is 36.5. The van der Waals surface area contributed by atoms with E-state index in [2.05, 4.69) is 32.4 Å². The summed E-state index contributed by atoms with van der Waals surface area (Å²) in [4.78, 5) is 18.3. The molecule has 12 heteroatoms. The predicted molar refractivity (Wildman–Crippen MR) is 147 cm³/mol. The highest BCUT2D eigenvalue weighted by molar-refractivity contribution is 6.31. The van der Waals surface area contributed by atoms with Crippen LogP contribution < -0.4 is 16.4 Å². The maximum atomic E-state index is 12.2. The van der Waals surface area contributed by atoms with Crippen LogP contribution in [0.25, 0.3) is 0 Å². The first-order valence-electron chi connectivity index (χ1n) is 11.6. The highest BCUT2D eigenvalue weighted by atomic mass is 35.5. The maximum absolute atomic E-state index is 12.2. The monoisotopic (exact) mass is 560 g/mol. The Morgan fingerprint density at radius 3 is 2.59 bits per heavy atom. The third-order valence-electron chi connectivity index (χ3n) is 5.34. The van der Waals surface area contributed by atoms with Crippen LogP contribution in [0.4, 0.5) is 30.5 Å². The molecule has 0 fully saturated rings. The Hall–Kier alpha value is -4.14. The molecule has 6 N–H and O–H groups in total. The molecule has 1 unspecified atom stereocenters. The van der Waals surface area contributed by atoms with Crippen molar-refractivity contribution in [3.05, 3.63) is 75.6 Å².